The number of aliphatic imine (C=N–C) groups is 1. The molecule has 8 heteroatoms. The molecular formula is C20H21FN6O. The van der Waals surface area contributed by atoms with E-state index in [0.717, 1.165) is 43.0 Å². The first-order valence-electron chi connectivity index (χ1n) is 9.46. The third kappa shape index (κ3) is 2.80. The van der Waals surface area contributed by atoms with E-state index < -0.39 is 0 Å². The van der Waals surface area contributed by atoms with Crippen molar-refractivity contribution in [3.05, 3.63) is 42.2 Å². The first-order chi connectivity index (χ1) is 13.6. The maximum absolute atomic E-state index is 13.7. The van der Waals surface area contributed by atoms with Gasteiger partial charge in [0, 0.05) is 32.0 Å². The number of nitrogens with zero attached hydrogens (tertiary/aromatic N) is 6. The van der Waals surface area contributed by atoms with Gasteiger partial charge in [0.15, 0.2) is 0 Å². The number of benzene rings is 1. The van der Waals surface area contributed by atoms with Crippen LogP contribution >= 0.6 is 0 Å². The number of methoxy groups -OCH3 is 1. The molecule has 3 aromatic rings. The molecule has 2 aliphatic heterocycles. The summed E-state index contributed by atoms with van der Waals surface area (Å²) in [5, 5.41) is 0. The Morgan fingerprint density at radius 1 is 1.18 bits per heavy atom. The van der Waals surface area contributed by atoms with E-state index in [9.17, 15) is 4.39 Å². The summed E-state index contributed by atoms with van der Waals surface area (Å²) in [7, 11) is 1.77. The van der Waals surface area contributed by atoms with Crippen molar-refractivity contribution < 1.29 is 9.13 Å². The fourth-order valence-corrected chi connectivity index (χ4v) is 4.18. The van der Waals surface area contributed by atoms with Gasteiger partial charge in [0.1, 0.15) is 17.8 Å². The van der Waals surface area contributed by atoms with E-state index in [-0.39, 0.29) is 11.9 Å². The number of aromatic nitrogens is 4. The van der Waals surface area contributed by atoms with Crippen molar-refractivity contribution >= 4 is 22.4 Å². The van der Waals surface area contributed by atoms with Gasteiger partial charge in [0.05, 0.1) is 35.1 Å². The normalized spacial score (nSPS) is 20.5. The van der Waals surface area contributed by atoms with E-state index in [1.165, 1.54) is 12.1 Å². The molecule has 1 aromatic carbocycles. The predicted molar refractivity (Wildman–Crippen MR) is 104 cm³/mol. The molecule has 144 valence electrons. The molecule has 0 N–H and O–H groups in total. The Labute approximate surface area is 161 Å². The molecule has 0 amide bonds. The summed E-state index contributed by atoms with van der Waals surface area (Å²) in [5.41, 5.74) is 4.08. The number of hydrogen-bond donors (Lipinski definition) is 0. The lowest BCUT2D eigenvalue weighted by Crippen LogP contribution is -2.41. The lowest BCUT2D eigenvalue weighted by molar-refractivity contribution is 0.0352. The number of ether oxygens (including phenoxy) is 1. The van der Waals surface area contributed by atoms with Crippen LogP contribution in [0.4, 0.5) is 10.1 Å². The smallest absolute Gasteiger partial charge is 0.235 e. The van der Waals surface area contributed by atoms with Crippen LogP contribution in [0.1, 0.15) is 31.5 Å². The highest BCUT2D eigenvalue weighted by Gasteiger charge is 2.34. The van der Waals surface area contributed by atoms with Gasteiger partial charge in [0.2, 0.25) is 5.95 Å². The molecule has 0 spiro atoms. The number of likely N-dealkylation sites (tertiary alicyclic amines) is 1. The minimum absolute atomic E-state index is 0.0427. The zero-order valence-electron chi connectivity index (χ0n) is 15.8. The predicted octanol–water partition coefficient (Wildman–Crippen LogP) is 3.21. The number of imidazole rings is 1. The summed E-state index contributed by atoms with van der Waals surface area (Å²) in [6.45, 7) is 3.92. The standard InChI is InChI=1S/C20H21FN6O/c1-12-19(26-7-5-14(28-2)6-8-26)18-16(24-12)10-22-20(25-18)27-11-23-15-4-3-13(21)9-17(15)27/h3-4,9-11,14,19H,5-8H2,1-2H3/t19-/m0/s1. The number of halogens is 1. The van der Waals surface area contributed by atoms with Gasteiger partial charge in [-0.15, -0.1) is 0 Å². The van der Waals surface area contributed by atoms with E-state index >= 15 is 0 Å². The van der Waals surface area contributed by atoms with Gasteiger partial charge in [0.25, 0.3) is 0 Å². The Balaban J connectivity index is 1.52. The Morgan fingerprint density at radius 2 is 2.00 bits per heavy atom. The second kappa shape index (κ2) is 6.72. The summed E-state index contributed by atoms with van der Waals surface area (Å²) in [5.74, 6) is 0.169. The molecule has 0 saturated carbocycles. The van der Waals surface area contributed by atoms with Gasteiger partial charge in [-0.05, 0) is 31.9 Å². The van der Waals surface area contributed by atoms with Crippen LogP contribution in [0.3, 0.4) is 0 Å². The SMILES string of the molecule is COC1CCN([C@H]2C(C)=Nc3cnc(-n4cnc5ccc(F)cc54)nc32)CC1. The zero-order valence-corrected chi connectivity index (χ0v) is 15.8. The van der Waals surface area contributed by atoms with E-state index in [2.05, 4.69) is 19.9 Å². The number of fused-ring (bicyclic) bond motifs is 2. The van der Waals surface area contributed by atoms with Crippen molar-refractivity contribution in [3.8, 4) is 5.95 Å². The molecule has 0 bridgehead atoms. The van der Waals surface area contributed by atoms with Crippen LogP contribution in [0.2, 0.25) is 0 Å². The van der Waals surface area contributed by atoms with Gasteiger partial charge in [-0.3, -0.25) is 14.5 Å². The number of hydrogen-bond acceptors (Lipinski definition) is 6. The van der Waals surface area contributed by atoms with E-state index in [4.69, 9.17) is 9.72 Å². The third-order valence-corrected chi connectivity index (χ3v) is 5.64. The van der Waals surface area contributed by atoms with Gasteiger partial charge in [-0.1, -0.05) is 0 Å². The molecule has 0 aliphatic carbocycles. The lowest BCUT2D eigenvalue weighted by atomic mass is 10.0. The molecule has 7 nitrogen and oxygen atoms in total. The van der Waals surface area contributed by atoms with Crippen LogP contribution in [0.5, 0.6) is 0 Å². The average molecular weight is 380 g/mol. The fraction of sp³-hybridized carbons (Fsp3) is 0.400. The monoisotopic (exact) mass is 380 g/mol. The van der Waals surface area contributed by atoms with Gasteiger partial charge in [-0.25, -0.2) is 19.3 Å². The largest absolute Gasteiger partial charge is 0.381 e. The molecule has 2 aliphatic rings. The highest BCUT2D eigenvalue weighted by Crippen LogP contribution is 2.37. The van der Waals surface area contributed by atoms with Crippen molar-refractivity contribution in [3.63, 3.8) is 0 Å². The van der Waals surface area contributed by atoms with Crippen LogP contribution < -0.4 is 0 Å². The lowest BCUT2D eigenvalue weighted by Gasteiger charge is -2.35. The van der Waals surface area contributed by atoms with Crippen molar-refractivity contribution in [2.45, 2.75) is 31.9 Å². The first kappa shape index (κ1) is 17.4. The minimum Gasteiger partial charge on any atom is -0.381 e. The summed E-state index contributed by atoms with van der Waals surface area (Å²) in [6.07, 6.45) is 5.70. The Bertz CT molecular complexity index is 1070. The molecule has 2 aromatic heterocycles. The number of piperidine rings is 1. The number of rotatable bonds is 3. The summed E-state index contributed by atoms with van der Waals surface area (Å²) in [6, 6.07) is 4.55. The molecule has 4 heterocycles. The molecule has 1 atom stereocenters. The van der Waals surface area contributed by atoms with Crippen LogP contribution in [0.25, 0.3) is 17.0 Å². The minimum atomic E-state index is -0.312. The average Bonchev–Trinajstić information content (AvgIpc) is 3.27. The fourth-order valence-electron chi connectivity index (χ4n) is 4.18. The molecule has 0 unspecified atom stereocenters. The van der Waals surface area contributed by atoms with E-state index in [0.29, 0.717) is 23.1 Å². The first-order valence-corrected chi connectivity index (χ1v) is 9.46. The summed E-state index contributed by atoms with van der Waals surface area (Å²) < 4.78 is 20.9. The Morgan fingerprint density at radius 3 is 2.79 bits per heavy atom. The van der Waals surface area contributed by atoms with Crippen molar-refractivity contribution in [2.75, 3.05) is 20.2 Å². The second-order valence-corrected chi connectivity index (χ2v) is 7.31. The topological polar surface area (TPSA) is 68.4 Å². The summed E-state index contributed by atoms with van der Waals surface area (Å²) in [4.78, 5) is 20.7. The summed E-state index contributed by atoms with van der Waals surface area (Å²) >= 11 is 0. The van der Waals surface area contributed by atoms with Crippen molar-refractivity contribution in [1.82, 2.24) is 24.4 Å². The Kier molecular flexibility index (Phi) is 4.17. The Hall–Kier alpha value is -2.71. The van der Waals surface area contributed by atoms with Gasteiger partial charge in [-0.2, -0.15) is 0 Å². The van der Waals surface area contributed by atoms with Crippen LogP contribution in [-0.2, 0) is 4.74 Å². The van der Waals surface area contributed by atoms with Gasteiger partial charge < -0.3 is 4.74 Å². The molecule has 5 rings (SSSR count). The van der Waals surface area contributed by atoms with Crippen LogP contribution in [0, 0.1) is 5.82 Å². The van der Waals surface area contributed by atoms with Crippen molar-refractivity contribution in [2.24, 2.45) is 4.99 Å². The quantitative estimate of drug-likeness (QED) is 0.698. The maximum Gasteiger partial charge on any atom is 0.235 e. The molecule has 0 radical (unpaired) electrons. The third-order valence-electron chi connectivity index (χ3n) is 5.64. The second-order valence-electron chi connectivity index (χ2n) is 7.31. The van der Waals surface area contributed by atoms with E-state index in [1.54, 1.807) is 30.3 Å². The van der Waals surface area contributed by atoms with Crippen LogP contribution in [0.15, 0.2) is 35.7 Å². The molecule has 1 fully saturated rings. The maximum atomic E-state index is 13.7. The molecular weight excluding hydrogens is 359 g/mol. The van der Waals surface area contributed by atoms with Gasteiger partial charge >= 0.3 is 0 Å². The molecule has 28 heavy (non-hydrogen) atoms. The highest BCUT2D eigenvalue weighted by molar-refractivity contribution is 5.95. The van der Waals surface area contributed by atoms with Crippen molar-refractivity contribution in [1.29, 1.82) is 0 Å². The highest BCUT2D eigenvalue weighted by atomic mass is 19.1. The zero-order chi connectivity index (χ0) is 19.3. The van der Waals surface area contributed by atoms with Crippen LogP contribution in [-0.4, -0.2) is 56.4 Å². The van der Waals surface area contributed by atoms with E-state index in [1.807, 2.05) is 6.92 Å². The molecule has 1 saturated heterocycles.